The van der Waals surface area contributed by atoms with Gasteiger partial charge in [0.15, 0.2) is 0 Å². The van der Waals surface area contributed by atoms with Gasteiger partial charge < -0.3 is 5.32 Å². The van der Waals surface area contributed by atoms with E-state index in [4.69, 9.17) is 0 Å². The fourth-order valence-electron chi connectivity index (χ4n) is 1.95. The Labute approximate surface area is 112 Å². The van der Waals surface area contributed by atoms with Crippen LogP contribution in [0.2, 0.25) is 0 Å². The molecule has 1 aromatic heterocycles. The summed E-state index contributed by atoms with van der Waals surface area (Å²) in [5, 5.41) is 3.48. The summed E-state index contributed by atoms with van der Waals surface area (Å²) in [6.07, 6.45) is 6.70. The van der Waals surface area contributed by atoms with Crippen LogP contribution < -0.4 is 5.32 Å². The maximum atomic E-state index is 4.56. The highest BCUT2D eigenvalue weighted by Crippen LogP contribution is 2.26. The number of thioether (sulfide) groups is 1. The highest BCUT2D eigenvalue weighted by molar-refractivity contribution is 7.98. The molecule has 0 bridgehead atoms. The van der Waals surface area contributed by atoms with Crippen molar-refractivity contribution in [3.8, 4) is 5.69 Å². The van der Waals surface area contributed by atoms with E-state index in [9.17, 15) is 0 Å². The largest absolute Gasteiger partial charge is 0.353 e. The maximum absolute atomic E-state index is 4.56. The van der Waals surface area contributed by atoms with Gasteiger partial charge in [0.1, 0.15) is 0 Å². The molecule has 0 aliphatic heterocycles. The molecule has 94 valence electrons. The van der Waals surface area contributed by atoms with Gasteiger partial charge in [0.05, 0.1) is 5.69 Å². The lowest BCUT2D eigenvalue weighted by Crippen LogP contribution is -2.07. The average molecular weight is 259 g/mol. The minimum absolute atomic E-state index is 0.621. The number of nitrogens with zero attached hydrogens (tertiary/aromatic N) is 2. The van der Waals surface area contributed by atoms with E-state index < -0.39 is 0 Å². The van der Waals surface area contributed by atoms with Crippen LogP contribution in [0.1, 0.15) is 18.5 Å². The topological polar surface area (TPSA) is 29.9 Å². The van der Waals surface area contributed by atoms with E-state index in [1.165, 1.54) is 17.7 Å². The number of nitrogens with one attached hydrogen (secondary N) is 1. The van der Waals surface area contributed by atoms with Crippen LogP contribution in [0.15, 0.2) is 35.4 Å². The van der Waals surface area contributed by atoms with Gasteiger partial charge in [-0.3, -0.25) is 4.57 Å². The SMILES string of the molecule is CSc1ccc(-n2cc(C)nc2NC2CC2)cc1. The number of hydrogen-bond donors (Lipinski definition) is 1. The molecule has 1 aliphatic carbocycles. The normalized spacial score (nSPS) is 14.8. The molecule has 3 rings (SSSR count). The zero-order valence-electron chi connectivity index (χ0n) is 10.7. The van der Waals surface area contributed by atoms with E-state index in [1.807, 2.05) is 6.92 Å². The smallest absolute Gasteiger partial charge is 0.207 e. The predicted octanol–water partition coefficient (Wildman–Crippen LogP) is 3.48. The van der Waals surface area contributed by atoms with Crippen LogP contribution in [0, 0.1) is 6.92 Å². The van der Waals surface area contributed by atoms with Crippen molar-refractivity contribution < 1.29 is 0 Å². The van der Waals surface area contributed by atoms with Gasteiger partial charge in [-0.2, -0.15) is 0 Å². The van der Waals surface area contributed by atoms with Crippen LogP contribution in [0.3, 0.4) is 0 Å². The zero-order valence-corrected chi connectivity index (χ0v) is 11.5. The molecule has 1 N–H and O–H groups in total. The zero-order chi connectivity index (χ0) is 12.5. The Kier molecular flexibility index (Phi) is 3.04. The monoisotopic (exact) mass is 259 g/mol. The van der Waals surface area contributed by atoms with Crippen molar-refractivity contribution in [2.45, 2.75) is 30.7 Å². The van der Waals surface area contributed by atoms with Gasteiger partial charge in [-0.1, -0.05) is 0 Å². The lowest BCUT2D eigenvalue weighted by molar-refractivity contribution is 1.00. The first-order valence-electron chi connectivity index (χ1n) is 6.23. The molecule has 0 atom stereocenters. The van der Waals surface area contributed by atoms with Crippen molar-refractivity contribution in [1.29, 1.82) is 0 Å². The minimum atomic E-state index is 0.621. The Morgan fingerprint density at radius 1 is 1.28 bits per heavy atom. The molecule has 4 heteroatoms. The van der Waals surface area contributed by atoms with E-state index in [-0.39, 0.29) is 0 Å². The van der Waals surface area contributed by atoms with Crippen molar-refractivity contribution in [1.82, 2.24) is 9.55 Å². The fraction of sp³-hybridized carbons (Fsp3) is 0.357. The first kappa shape index (κ1) is 11.7. The second kappa shape index (κ2) is 4.69. The van der Waals surface area contributed by atoms with E-state index in [2.05, 4.69) is 51.6 Å². The lowest BCUT2D eigenvalue weighted by Gasteiger charge is -2.09. The van der Waals surface area contributed by atoms with E-state index in [0.29, 0.717) is 6.04 Å². The molecule has 0 radical (unpaired) electrons. The van der Waals surface area contributed by atoms with Gasteiger partial charge in [0.2, 0.25) is 5.95 Å². The van der Waals surface area contributed by atoms with E-state index >= 15 is 0 Å². The summed E-state index contributed by atoms with van der Waals surface area (Å²) in [7, 11) is 0. The summed E-state index contributed by atoms with van der Waals surface area (Å²) >= 11 is 1.76. The van der Waals surface area contributed by atoms with Crippen molar-refractivity contribution in [3.05, 3.63) is 36.2 Å². The molecule has 3 nitrogen and oxygen atoms in total. The third-order valence-electron chi connectivity index (χ3n) is 3.09. The molecule has 1 aromatic carbocycles. The van der Waals surface area contributed by atoms with Gasteiger partial charge in [0.25, 0.3) is 0 Å². The molecule has 0 amide bonds. The van der Waals surface area contributed by atoms with E-state index in [0.717, 1.165) is 17.3 Å². The van der Waals surface area contributed by atoms with Crippen LogP contribution in [-0.4, -0.2) is 21.8 Å². The minimum Gasteiger partial charge on any atom is -0.353 e. The first-order chi connectivity index (χ1) is 8.76. The number of aromatic nitrogens is 2. The Balaban J connectivity index is 1.93. The van der Waals surface area contributed by atoms with Crippen LogP contribution >= 0.6 is 11.8 Å². The molecule has 0 saturated heterocycles. The third-order valence-corrected chi connectivity index (χ3v) is 3.83. The molecule has 1 saturated carbocycles. The van der Waals surface area contributed by atoms with Crippen LogP contribution in [0.5, 0.6) is 0 Å². The fourth-order valence-corrected chi connectivity index (χ4v) is 2.36. The van der Waals surface area contributed by atoms with Crippen molar-refractivity contribution >= 4 is 17.7 Å². The van der Waals surface area contributed by atoms with Gasteiger partial charge in [0, 0.05) is 22.8 Å². The number of imidazole rings is 1. The van der Waals surface area contributed by atoms with Gasteiger partial charge >= 0.3 is 0 Å². The maximum Gasteiger partial charge on any atom is 0.207 e. The first-order valence-corrected chi connectivity index (χ1v) is 7.45. The van der Waals surface area contributed by atoms with Gasteiger partial charge in [-0.15, -0.1) is 11.8 Å². The predicted molar refractivity (Wildman–Crippen MR) is 76.7 cm³/mol. The molecule has 18 heavy (non-hydrogen) atoms. The highest BCUT2D eigenvalue weighted by atomic mass is 32.2. The standard InChI is InChI=1S/C14H17N3S/c1-10-9-17(14(15-10)16-11-3-4-11)12-5-7-13(18-2)8-6-12/h5-9,11H,3-4H2,1-2H3,(H,15,16). The highest BCUT2D eigenvalue weighted by Gasteiger charge is 2.23. The Hall–Kier alpha value is -1.42. The van der Waals surface area contributed by atoms with Crippen LogP contribution in [-0.2, 0) is 0 Å². The van der Waals surface area contributed by atoms with E-state index in [1.54, 1.807) is 11.8 Å². The second-order valence-electron chi connectivity index (χ2n) is 4.69. The summed E-state index contributed by atoms with van der Waals surface area (Å²) in [5.74, 6) is 0.965. The summed E-state index contributed by atoms with van der Waals surface area (Å²) < 4.78 is 2.14. The summed E-state index contributed by atoms with van der Waals surface area (Å²) in [6.45, 7) is 2.03. The third kappa shape index (κ3) is 2.38. The van der Waals surface area contributed by atoms with Crippen molar-refractivity contribution in [3.63, 3.8) is 0 Å². The van der Waals surface area contributed by atoms with Crippen LogP contribution in [0.25, 0.3) is 5.69 Å². The Bertz CT molecular complexity index is 541. The molecule has 1 heterocycles. The quantitative estimate of drug-likeness (QED) is 0.853. The molecular formula is C14H17N3S. The van der Waals surface area contributed by atoms with Gasteiger partial charge in [-0.25, -0.2) is 4.98 Å². The van der Waals surface area contributed by atoms with Crippen LogP contribution in [0.4, 0.5) is 5.95 Å². The lowest BCUT2D eigenvalue weighted by atomic mass is 10.3. The Morgan fingerprint density at radius 2 is 2.00 bits per heavy atom. The summed E-state index contributed by atoms with van der Waals surface area (Å²) in [5.41, 5.74) is 2.21. The summed E-state index contributed by atoms with van der Waals surface area (Å²) in [6, 6.07) is 9.21. The number of rotatable bonds is 4. The average Bonchev–Trinajstić information content (AvgIpc) is 3.12. The molecule has 1 aliphatic rings. The number of anilines is 1. The van der Waals surface area contributed by atoms with Gasteiger partial charge in [-0.05, 0) is 50.3 Å². The molecule has 1 fully saturated rings. The molecular weight excluding hydrogens is 242 g/mol. The van der Waals surface area contributed by atoms with Crippen molar-refractivity contribution in [2.24, 2.45) is 0 Å². The molecule has 0 unspecified atom stereocenters. The number of benzene rings is 1. The summed E-state index contributed by atoms with van der Waals surface area (Å²) in [4.78, 5) is 5.84. The number of hydrogen-bond acceptors (Lipinski definition) is 3. The molecule has 0 spiro atoms. The number of aryl methyl sites for hydroxylation is 1. The Morgan fingerprint density at radius 3 is 2.61 bits per heavy atom. The second-order valence-corrected chi connectivity index (χ2v) is 5.57. The van der Waals surface area contributed by atoms with Crippen molar-refractivity contribution in [2.75, 3.05) is 11.6 Å². The molecule has 2 aromatic rings.